The van der Waals surface area contributed by atoms with Crippen LogP contribution in [-0.2, 0) is 6.61 Å². The number of allylic oxidation sites excluding steroid dienone is 1. The number of hydrogen-bond acceptors (Lipinski definition) is 7. The first kappa shape index (κ1) is 23.3. The van der Waals surface area contributed by atoms with E-state index in [2.05, 4.69) is 15.9 Å². The summed E-state index contributed by atoms with van der Waals surface area (Å²) in [5, 5.41) is 31.3. The number of carbonyl (C=O) groups excluding carboxylic acids is 1. The molecule has 3 aromatic carbocycles. The highest BCUT2D eigenvalue weighted by Gasteiger charge is 2.17. The minimum atomic E-state index is -0.664. The Balaban J connectivity index is 1.88. The van der Waals surface area contributed by atoms with Gasteiger partial charge in [-0.2, -0.15) is 5.26 Å². The number of ether oxygens (including phenoxy) is 1. The van der Waals surface area contributed by atoms with Crippen molar-refractivity contribution in [3.63, 3.8) is 0 Å². The first-order valence-electron chi connectivity index (χ1n) is 9.35. The Kier molecular flexibility index (Phi) is 7.27. The number of nitro benzene ring substituents is 2. The molecule has 164 valence electrons. The first-order valence-corrected chi connectivity index (χ1v) is 10.1. The van der Waals surface area contributed by atoms with E-state index in [1.54, 1.807) is 30.3 Å². The van der Waals surface area contributed by atoms with Crippen molar-refractivity contribution in [3.05, 3.63) is 114 Å². The average molecular weight is 508 g/mol. The van der Waals surface area contributed by atoms with Gasteiger partial charge in [0.1, 0.15) is 24.0 Å². The molecule has 0 heterocycles. The van der Waals surface area contributed by atoms with Crippen LogP contribution in [0.25, 0.3) is 6.08 Å². The van der Waals surface area contributed by atoms with Crippen LogP contribution >= 0.6 is 15.9 Å². The number of carbonyl (C=O) groups is 1. The molecule has 0 saturated carbocycles. The van der Waals surface area contributed by atoms with Gasteiger partial charge >= 0.3 is 0 Å². The van der Waals surface area contributed by atoms with Gasteiger partial charge in [0.15, 0.2) is 0 Å². The van der Waals surface area contributed by atoms with Crippen molar-refractivity contribution in [2.75, 3.05) is 0 Å². The third-order valence-electron chi connectivity index (χ3n) is 4.50. The molecule has 0 atom stereocenters. The molecule has 0 aromatic heterocycles. The fourth-order valence-electron chi connectivity index (χ4n) is 2.86. The van der Waals surface area contributed by atoms with Gasteiger partial charge < -0.3 is 4.74 Å². The third kappa shape index (κ3) is 5.87. The molecule has 10 heteroatoms. The molecule has 0 aliphatic rings. The molecule has 0 fully saturated rings. The van der Waals surface area contributed by atoms with Crippen LogP contribution in [0.1, 0.15) is 21.5 Å². The quantitative estimate of drug-likeness (QED) is 0.126. The Morgan fingerprint density at radius 1 is 1.00 bits per heavy atom. The molecule has 0 aliphatic carbocycles. The van der Waals surface area contributed by atoms with Crippen LogP contribution in [0.15, 0.2) is 76.8 Å². The molecule has 9 nitrogen and oxygen atoms in total. The molecule has 0 bridgehead atoms. The Hall–Kier alpha value is -4.36. The van der Waals surface area contributed by atoms with Crippen molar-refractivity contribution >= 4 is 39.2 Å². The van der Waals surface area contributed by atoms with E-state index < -0.39 is 15.6 Å². The Morgan fingerprint density at radius 2 is 1.70 bits per heavy atom. The van der Waals surface area contributed by atoms with Gasteiger partial charge in [-0.1, -0.05) is 28.1 Å². The van der Waals surface area contributed by atoms with E-state index in [9.17, 15) is 30.3 Å². The fourth-order valence-corrected chi connectivity index (χ4v) is 3.24. The highest BCUT2D eigenvalue weighted by Crippen LogP contribution is 2.28. The number of nitro groups is 2. The molecule has 0 unspecified atom stereocenters. The molecule has 0 saturated heterocycles. The van der Waals surface area contributed by atoms with Crippen LogP contribution < -0.4 is 4.74 Å². The predicted molar refractivity (Wildman–Crippen MR) is 123 cm³/mol. The number of benzene rings is 3. The fraction of sp³-hybridized carbons (Fsp3) is 0.0435. The lowest BCUT2D eigenvalue weighted by atomic mass is 10.0. The third-order valence-corrected chi connectivity index (χ3v) is 4.99. The lowest BCUT2D eigenvalue weighted by Gasteiger charge is -2.10. The summed E-state index contributed by atoms with van der Waals surface area (Å²) < 4.78 is 6.49. The van der Waals surface area contributed by atoms with Crippen LogP contribution in [0.5, 0.6) is 5.75 Å². The second-order valence-corrected chi connectivity index (χ2v) is 7.62. The monoisotopic (exact) mass is 507 g/mol. The van der Waals surface area contributed by atoms with Crippen molar-refractivity contribution in [3.8, 4) is 11.8 Å². The second kappa shape index (κ2) is 10.3. The number of Topliss-reactive ketones (excluding diaryl/α,β-unsaturated/α-hetero) is 1. The Bertz CT molecular complexity index is 1310. The minimum absolute atomic E-state index is 0.0142. The molecular formula is C23H14BrN3O6. The summed E-state index contributed by atoms with van der Waals surface area (Å²) in [7, 11) is 0. The summed E-state index contributed by atoms with van der Waals surface area (Å²) in [5.74, 6) is -0.293. The van der Waals surface area contributed by atoms with Crippen LogP contribution in [0.4, 0.5) is 11.4 Å². The van der Waals surface area contributed by atoms with Crippen LogP contribution in [0.3, 0.4) is 0 Å². The normalized spacial score (nSPS) is 10.8. The van der Waals surface area contributed by atoms with Crippen molar-refractivity contribution in [2.45, 2.75) is 6.61 Å². The number of ketones is 1. The molecule has 0 N–H and O–H groups in total. The van der Waals surface area contributed by atoms with Gasteiger partial charge in [0.25, 0.3) is 11.4 Å². The van der Waals surface area contributed by atoms with E-state index in [1.807, 2.05) is 6.07 Å². The van der Waals surface area contributed by atoms with Gasteiger partial charge in [0.2, 0.25) is 5.78 Å². The number of nitriles is 1. The molecule has 0 radical (unpaired) electrons. The van der Waals surface area contributed by atoms with Crippen LogP contribution in [0.2, 0.25) is 0 Å². The standard InChI is InChI=1S/C23H14BrN3O6/c24-19-6-9-22(33-14-15-4-7-20(8-5-15)26(29)30)17(11-19)10-18(13-25)23(28)16-2-1-3-21(12-16)27(31)32/h1-12H,14H2/b18-10+. The van der Waals surface area contributed by atoms with E-state index in [-0.39, 0.29) is 29.1 Å². The van der Waals surface area contributed by atoms with Crippen molar-refractivity contribution in [1.29, 1.82) is 5.26 Å². The zero-order chi connectivity index (χ0) is 24.0. The lowest BCUT2D eigenvalue weighted by molar-refractivity contribution is -0.385. The topological polar surface area (TPSA) is 136 Å². The summed E-state index contributed by atoms with van der Waals surface area (Å²) in [6, 6.07) is 17.9. The first-order chi connectivity index (χ1) is 15.8. The maximum atomic E-state index is 12.8. The number of non-ortho nitro benzene ring substituents is 2. The van der Waals surface area contributed by atoms with Gasteiger partial charge in [-0.05, 0) is 42.0 Å². The Labute approximate surface area is 196 Å². The average Bonchev–Trinajstić information content (AvgIpc) is 2.81. The smallest absolute Gasteiger partial charge is 0.270 e. The maximum Gasteiger partial charge on any atom is 0.270 e. The summed E-state index contributed by atoms with van der Waals surface area (Å²) in [6.07, 6.45) is 1.34. The summed E-state index contributed by atoms with van der Waals surface area (Å²) >= 11 is 3.34. The molecule has 3 rings (SSSR count). The van der Waals surface area contributed by atoms with Crippen molar-refractivity contribution < 1.29 is 19.4 Å². The van der Waals surface area contributed by atoms with E-state index in [0.717, 1.165) is 6.07 Å². The molecule has 3 aromatic rings. The summed E-state index contributed by atoms with van der Waals surface area (Å²) in [5.41, 5.74) is 0.611. The number of hydrogen-bond donors (Lipinski definition) is 0. The van der Waals surface area contributed by atoms with E-state index in [4.69, 9.17) is 4.74 Å². The van der Waals surface area contributed by atoms with Crippen molar-refractivity contribution in [1.82, 2.24) is 0 Å². The molecule has 0 amide bonds. The van der Waals surface area contributed by atoms with Gasteiger partial charge in [-0.15, -0.1) is 0 Å². The van der Waals surface area contributed by atoms with Gasteiger partial charge in [-0.25, -0.2) is 0 Å². The van der Waals surface area contributed by atoms with E-state index >= 15 is 0 Å². The second-order valence-electron chi connectivity index (χ2n) is 6.70. The maximum absolute atomic E-state index is 12.8. The molecular weight excluding hydrogens is 494 g/mol. The zero-order valence-corrected chi connectivity index (χ0v) is 18.4. The van der Waals surface area contributed by atoms with E-state index in [1.165, 1.54) is 36.4 Å². The largest absolute Gasteiger partial charge is 0.488 e. The van der Waals surface area contributed by atoms with E-state index in [0.29, 0.717) is 21.3 Å². The zero-order valence-electron chi connectivity index (χ0n) is 16.8. The summed E-state index contributed by atoms with van der Waals surface area (Å²) in [6.45, 7) is 0.0984. The highest BCUT2D eigenvalue weighted by molar-refractivity contribution is 9.10. The van der Waals surface area contributed by atoms with Gasteiger partial charge in [0, 0.05) is 39.9 Å². The highest BCUT2D eigenvalue weighted by atomic mass is 79.9. The lowest BCUT2D eigenvalue weighted by Crippen LogP contribution is -2.03. The minimum Gasteiger partial charge on any atom is -0.488 e. The summed E-state index contributed by atoms with van der Waals surface area (Å²) in [4.78, 5) is 33.5. The molecule has 0 spiro atoms. The van der Waals surface area contributed by atoms with Crippen LogP contribution in [0, 0.1) is 31.6 Å². The van der Waals surface area contributed by atoms with Gasteiger partial charge in [0.05, 0.1) is 9.85 Å². The SMILES string of the molecule is N#C/C(=C\c1cc(Br)ccc1OCc1ccc([N+](=O)[O-])cc1)C(=O)c1cccc([N+](=O)[O-])c1. The Morgan fingerprint density at radius 3 is 2.33 bits per heavy atom. The van der Waals surface area contributed by atoms with Crippen LogP contribution in [-0.4, -0.2) is 15.6 Å². The number of halogens is 1. The van der Waals surface area contributed by atoms with Crippen molar-refractivity contribution in [2.24, 2.45) is 0 Å². The van der Waals surface area contributed by atoms with Gasteiger partial charge in [-0.3, -0.25) is 25.0 Å². The molecule has 33 heavy (non-hydrogen) atoms. The number of nitrogens with zero attached hydrogens (tertiary/aromatic N) is 3. The predicted octanol–water partition coefficient (Wildman–Crippen LogP) is 5.63. The number of rotatable bonds is 8. The molecule has 0 aliphatic heterocycles.